The number of hydrogen-bond acceptors (Lipinski definition) is 3. The Morgan fingerprint density at radius 3 is 2.44 bits per heavy atom. The second-order valence-electron chi connectivity index (χ2n) is 5.97. The molecule has 0 bridgehead atoms. The zero-order valence-electron chi connectivity index (χ0n) is 12.2. The maximum atomic E-state index is 5.54. The van der Waals surface area contributed by atoms with E-state index < -0.39 is 0 Å². The summed E-state index contributed by atoms with van der Waals surface area (Å²) in [6, 6.07) is 0. The van der Waals surface area contributed by atoms with Gasteiger partial charge in [-0.25, -0.2) is 10.8 Å². The normalized spacial score (nSPS) is 19.2. The highest BCUT2D eigenvalue weighted by Gasteiger charge is 2.29. The Morgan fingerprint density at radius 1 is 1.39 bits per heavy atom. The van der Waals surface area contributed by atoms with Crippen molar-refractivity contribution in [2.24, 2.45) is 22.2 Å². The highest BCUT2D eigenvalue weighted by Crippen LogP contribution is 2.34. The third kappa shape index (κ3) is 4.46. The molecule has 5 heteroatoms. The quantitative estimate of drug-likeness (QED) is 0.262. The van der Waals surface area contributed by atoms with Crippen molar-refractivity contribution in [1.82, 2.24) is 10.3 Å². The first-order chi connectivity index (χ1) is 8.49. The van der Waals surface area contributed by atoms with E-state index >= 15 is 0 Å². The Bertz CT molecular complexity index is 265. The van der Waals surface area contributed by atoms with Crippen molar-refractivity contribution in [2.45, 2.75) is 33.6 Å². The summed E-state index contributed by atoms with van der Waals surface area (Å²) in [7, 11) is 1.68. The lowest BCUT2D eigenvalue weighted by molar-refractivity contribution is 0.147. The summed E-state index contributed by atoms with van der Waals surface area (Å²) in [5.41, 5.74) is 3.10. The molecular weight excluding hydrogens is 228 g/mol. The van der Waals surface area contributed by atoms with E-state index in [4.69, 9.17) is 10.6 Å². The number of piperidine rings is 1. The molecule has 1 fully saturated rings. The SMILES string of the molecule is COCCN=C(NN)N1CCC(C(C)(C)C)CC1. The van der Waals surface area contributed by atoms with Crippen LogP contribution in [0.2, 0.25) is 0 Å². The topological polar surface area (TPSA) is 62.9 Å². The smallest absolute Gasteiger partial charge is 0.208 e. The van der Waals surface area contributed by atoms with Crippen LogP contribution in [0.3, 0.4) is 0 Å². The molecule has 0 amide bonds. The lowest BCUT2D eigenvalue weighted by Gasteiger charge is -2.39. The predicted molar refractivity (Wildman–Crippen MR) is 75.3 cm³/mol. The fourth-order valence-electron chi connectivity index (χ4n) is 2.44. The highest BCUT2D eigenvalue weighted by molar-refractivity contribution is 5.79. The van der Waals surface area contributed by atoms with Crippen LogP contribution in [0.1, 0.15) is 33.6 Å². The van der Waals surface area contributed by atoms with Gasteiger partial charge in [-0.2, -0.15) is 0 Å². The minimum absolute atomic E-state index is 0.398. The van der Waals surface area contributed by atoms with Crippen LogP contribution < -0.4 is 11.3 Å². The first-order valence-corrected chi connectivity index (χ1v) is 6.74. The summed E-state index contributed by atoms with van der Waals surface area (Å²) in [4.78, 5) is 6.66. The van der Waals surface area contributed by atoms with Crippen LogP contribution >= 0.6 is 0 Å². The second kappa shape index (κ2) is 6.95. The molecule has 1 aliphatic rings. The molecule has 0 aromatic rings. The van der Waals surface area contributed by atoms with E-state index in [0.717, 1.165) is 25.0 Å². The standard InChI is InChI=1S/C13H28N4O/c1-13(2,3)11-5-8-17(9-6-11)12(16-14)15-7-10-18-4/h11H,5-10,14H2,1-4H3,(H,15,16). The molecule has 0 aromatic heterocycles. The third-order valence-electron chi connectivity index (χ3n) is 3.71. The van der Waals surface area contributed by atoms with E-state index in [0.29, 0.717) is 18.6 Å². The highest BCUT2D eigenvalue weighted by atomic mass is 16.5. The van der Waals surface area contributed by atoms with E-state index in [-0.39, 0.29) is 0 Å². The van der Waals surface area contributed by atoms with Crippen molar-refractivity contribution in [3.8, 4) is 0 Å². The number of hydrogen-bond donors (Lipinski definition) is 2. The van der Waals surface area contributed by atoms with E-state index in [2.05, 4.69) is 36.1 Å². The molecule has 5 nitrogen and oxygen atoms in total. The molecule has 18 heavy (non-hydrogen) atoms. The number of hydrazine groups is 1. The molecule has 0 aliphatic carbocycles. The minimum atomic E-state index is 0.398. The number of methoxy groups -OCH3 is 1. The van der Waals surface area contributed by atoms with Crippen molar-refractivity contribution in [3.05, 3.63) is 0 Å². The third-order valence-corrected chi connectivity index (χ3v) is 3.71. The van der Waals surface area contributed by atoms with E-state index in [1.54, 1.807) is 7.11 Å². The average Bonchev–Trinajstić information content (AvgIpc) is 2.34. The number of ether oxygens (including phenoxy) is 1. The number of nitrogens with one attached hydrogen (secondary N) is 1. The fraction of sp³-hybridized carbons (Fsp3) is 0.923. The van der Waals surface area contributed by atoms with Gasteiger partial charge in [-0.15, -0.1) is 0 Å². The summed E-state index contributed by atoms with van der Waals surface area (Å²) in [6.07, 6.45) is 2.41. The van der Waals surface area contributed by atoms with Gasteiger partial charge in [-0.3, -0.25) is 5.43 Å². The van der Waals surface area contributed by atoms with Crippen molar-refractivity contribution in [1.29, 1.82) is 0 Å². The van der Waals surface area contributed by atoms with Crippen molar-refractivity contribution in [3.63, 3.8) is 0 Å². The monoisotopic (exact) mass is 256 g/mol. The molecule has 3 N–H and O–H groups in total. The van der Waals surface area contributed by atoms with Crippen LogP contribution in [0.25, 0.3) is 0 Å². The summed E-state index contributed by atoms with van der Waals surface area (Å²) < 4.78 is 4.99. The van der Waals surface area contributed by atoms with Gasteiger partial charge in [-0.1, -0.05) is 20.8 Å². The first-order valence-electron chi connectivity index (χ1n) is 6.74. The lowest BCUT2D eigenvalue weighted by atomic mass is 9.75. The van der Waals surface area contributed by atoms with Gasteiger partial charge >= 0.3 is 0 Å². The van der Waals surface area contributed by atoms with E-state index in [1.165, 1.54) is 12.8 Å². The number of guanidine groups is 1. The van der Waals surface area contributed by atoms with Gasteiger partial charge in [0.1, 0.15) is 0 Å². The molecule has 1 saturated heterocycles. The van der Waals surface area contributed by atoms with Gasteiger partial charge in [0.05, 0.1) is 13.2 Å². The zero-order valence-corrected chi connectivity index (χ0v) is 12.2. The van der Waals surface area contributed by atoms with Gasteiger partial charge in [0, 0.05) is 20.2 Å². The number of nitrogens with zero attached hydrogens (tertiary/aromatic N) is 2. The van der Waals surface area contributed by atoms with Crippen LogP contribution in [-0.2, 0) is 4.74 Å². The fourth-order valence-corrected chi connectivity index (χ4v) is 2.44. The summed E-state index contributed by atoms with van der Waals surface area (Å²) in [5.74, 6) is 7.12. The summed E-state index contributed by atoms with van der Waals surface area (Å²) >= 11 is 0. The maximum absolute atomic E-state index is 5.54. The molecule has 1 rings (SSSR count). The Hall–Kier alpha value is -0.810. The Labute approximate surface area is 111 Å². The Kier molecular flexibility index (Phi) is 5.88. The second-order valence-corrected chi connectivity index (χ2v) is 5.97. The van der Waals surface area contributed by atoms with Gasteiger partial charge in [0.15, 0.2) is 0 Å². The molecule has 0 unspecified atom stereocenters. The number of rotatable bonds is 3. The van der Waals surface area contributed by atoms with Crippen LogP contribution in [0.5, 0.6) is 0 Å². The maximum Gasteiger partial charge on any atom is 0.208 e. The van der Waals surface area contributed by atoms with Crippen LogP contribution in [-0.4, -0.2) is 44.2 Å². The predicted octanol–water partition coefficient (Wildman–Crippen LogP) is 1.21. The van der Waals surface area contributed by atoms with Crippen LogP contribution in [0.15, 0.2) is 4.99 Å². The molecule has 0 spiro atoms. The molecule has 106 valence electrons. The molecule has 1 heterocycles. The van der Waals surface area contributed by atoms with E-state index in [1.807, 2.05) is 0 Å². The Balaban J connectivity index is 2.47. The van der Waals surface area contributed by atoms with Crippen molar-refractivity contribution >= 4 is 5.96 Å². The molecule has 0 radical (unpaired) electrons. The van der Waals surface area contributed by atoms with Gasteiger partial charge < -0.3 is 9.64 Å². The van der Waals surface area contributed by atoms with Crippen molar-refractivity contribution < 1.29 is 4.74 Å². The largest absolute Gasteiger partial charge is 0.383 e. The first kappa shape index (κ1) is 15.2. The number of aliphatic imine (C=N–C) groups is 1. The van der Waals surface area contributed by atoms with Crippen LogP contribution in [0, 0.1) is 11.3 Å². The molecule has 0 saturated carbocycles. The van der Waals surface area contributed by atoms with Crippen LogP contribution in [0.4, 0.5) is 0 Å². The molecule has 0 atom stereocenters. The summed E-state index contributed by atoms with van der Waals surface area (Å²) in [5, 5.41) is 0. The Morgan fingerprint density at radius 2 is 2.00 bits per heavy atom. The summed E-state index contributed by atoms with van der Waals surface area (Å²) in [6.45, 7) is 10.3. The van der Waals surface area contributed by atoms with Gasteiger partial charge in [0.2, 0.25) is 5.96 Å². The lowest BCUT2D eigenvalue weighted by Crippen LogP contribution is -2.49. The minimum Gasteiger partial charge on any atom is -0.383 e. The zero-order chi connectivity index (χ0) is 13.6. The average molecular weight is 256 g/mol. The molecular formula is C13H28N4O. The number of likely N-dealkylation sites (tertiary alicyclic amines) is 1. The van der Waals surface area contributed by atoms with E-state index in [9.17, 15) is 0 Å². The van der Waals surface area contributed by atoms with Crippen molar-refractivity contribution in [2.75, 3.05) is 33.4 Å². The molecule has 0 aromatic carbocycles. The number of nitrogens with two attached hydrogens (primary N) is 1. The molecule has 1 aliphatic heterocycles. The van der Waals surface area contributed by atoms with Gasteiger partial charge in [-0.05, 0) is 24.2 Å². The van der Waals surface area contributed by atoms with Gasteiger partial charge in [0.25, 0.3) is 0 Å².